The maximum Gasteiger partial charge on any atom is 0.139 e. The number of hydrogen-bond donors (Lipinski definition) is 1. The van der Waals surface area contributed by atoms with Gasteiger partial charge < -0.3 is 5.11 Å². The molecular formula is C12H15FINO. The van der Waals surface area contributed by atoms with Gasteiger partial charge in [-0.1, -0.05) is 12.1 Å². The van der Waals surface area contributed by atoms with E-state index in [2.05, 4.69) is 51.8 Å². The van der Waals surface area contributed by atoms with E-state index in [0.717, 1.165) is 13.1 Å². The fourth-order valence-electron chi connectivity index (χ4n) is 1.95. The maximum absolute atomic E-state index is 13.3. The molecule has 0 bridgehead atoms. The summed E-state index contributed by atoms with van der Waals surface area (Å²) in [5.41, 5.74) is 1.20. The Labute approximate surface area is 109 Å². The molecule has 1 aliphatic heterocycles. The van der Waals surface area contributed by atoms with Gasteiger partial charge in [0.1, 0.15) is 6.17 Å². The lowest BCUT2D eigenvalue weighted by Crippen LogP contribution is -2.44. The largest absolute Gasteiger partial charge is 0.390 e. The van der Waals surface area contributed by atoms with Gasteiger partial charge in [-0.3, -0.25) is 4.90 Å². The summed E-state index contributed by atoms with van der Waals surface area (Å²) in [5, 5.41) is 9.30. The van der Waals surface area contributed by atoms with Crippen LogP contribution in [0.2, 0.25) is 0 Å². The molecule has 4 heteroatoms. The third kappa shape index (κ3) is 3.15. The second kappa shape index (κ2) is 5.42. The van der Waals surface area contributed by atoms with Crippen LogP contribution in [0.15, 0.2) is 24.3 Å². The fourth-order valence-corrected chi connectivity index (χ4v) is 2.31. The van der Waals surface area contributed by atoms with E-state index in [0.29, 0.717) is 13.0 Å². The van der Waals surface area contributed by atoms with Crippen molar-refractivity contribution in [3.05, 3.63) is 33.4 Å². The molecule has 2 atom stereocenters. The molecule has 1 aromatic rings. The highest BCUT2D eigenvalue weighted by Crippen LogP contribution is 2.17. The van der Waals surface area contributed by atoms with Crippen LogP contribution in [0.25, 0.3) is 0 Å². The molecule has 0 aromatic heterocycles. The summed E-state index contributed by atoms with van der Waals surface area (Å²) in [6.07, 6.45) is -1.34. The summed E-state index contributed by atoms with van der Waals surface area (Å²) in [4.78, 5) is 2.06. The van der Waals surface area contributed by atoms with Crippen LogP contribution in [-0.2, 0) is 6.54 Å². The molecule has 1 aliphatic rings. The molecule has 0 aliphatic carbocycles. The Morgan fingerprint density at radius 2 is 2.06 bits per heavy atom. The smallest absolute Gasteiger partial charge is 0.139 e. The van der Waals surface area contributed by atoms with Crippen molar-refractivity contribution in [3.63, 3.8) is 0 Å². The number of benzene rings is 1. The highest BCUT2D eigenvalue weighted by Gasteiger charge is 2.27. The van der Waals surface area contributed by atoms with Crippen LogP contribution in [0, 0.1) is 3.57 Å². The second-order valence-electron chi connectivity index (χ2n) is 4.23. The molecule has 1 heterocycles. The standard InChI is InChI=1S/C12H15FINO/c13-11-8-15(6-5-12(11)16)7-9-1-3-10(14)4-2-9/h1-4,11-12,16H,5-8H2. The summed E-state index contributed by atoms with van der Waals surface area (Å²) >= 11 is 2.27. The molecule has 1 aromatic carbocycles. The Hall–Kier alpha value is -0.200. The summed E-state index contributed by atoms with van der Waals surface area (Å²) < 4.78 is 14.5. The zero-order valence-electron chi connectivity index (χ0n) is 8.94. The molecular weight excluding hydrogens is 320 g/mol. The van der Waals surface area contributed by atoms with Crippen LogP contribution >= 0.6 is 22.6 Å². The summed E-state index contributed by atoms with van der Waals surface area (Å²) in [5.74, 6) is 0. The van der Waals surface area contributed by atoms with Crippen molar-refractivity contribution in [2.24, 2.45) is 0 Å². The first-order chi connectivity index (χ1) is 7.65. The predicted octanol–water partition coefficient (Wildman–Crippen LogP) is 2.20. The first-order valence-electron chi connectivity index (χ1n) is 5.44. The number of piperidine rings is 1. The first-order valence-corrected chi connectivity index (χ1v) is 6.52. The minimum atomic E-state index is -1.10. The zero-order chi connectivity index (χ0) is 11.5. The van der Waals surface area contributed by atoms with E-state index in [1.165, 1.54) is 9.13 Å². The quantitative estimate of drug-likeness (QED) is 0.838. The Bertz CT molecular complexity index is 343. The number of alkyl halides is 1. The molecule has 1 fully saturated rings. The Morgan fingerprint density at radius 1 is 1.38 bits per heavy atom. The SMILES string of the molecule is OC1CCN(Cc2ccc(I)cc2)CC1F. The van der Waals surface area contributed by atoms with E-state index in [4.69, 9.17) is 0 Å². The van der Waals surface area contributed by atoms with E-state index in [1.807, 2.05) is 0 Å². The predicted molar refractivity (Wildman–Crippen MR) is 70.0 cm³/mol. The van der Waals surface area contributed by atoms with Gasteiger partial charge >= 0.3 is 0 Å². The normalized spacial score (nSPS) is 26.9. The molecule has 2 nitrogen and oxygen atoms in total. The molecule has 0 radical (unpaired) electrons. The molecule has 2 unspecified atom stereocenters. The molecule has 88 valence electrons. The molecule has 1 saturated heterocycles. The van der Waals surface area contributed by atoms with Crippen molar-refractivity contribution >= 4 is 22.6 Å². The fraction of sp³-hybridized carbons (Fsp3) is 0.500. The van der Waals surface area contributed by atoms with Crippen LogP contribution in [0.4, 0.5) is 4.39 Å². The average Bonchev–Trinajstić information content (AvgIpc) is 2.27. The van der Waals surface area contributed by atoms with Crippen molar-refractivity contribution in [2.75, 3.05) is 13.1 Å². The monoisotopic (exact) mass is 335 g/mol. The van der Waals surface area contributed by atoms with Crippen LogP contribution < -0.4 is 0 Å². The van der Waals surface area contributed by atoms with Crippen molar-refractivity contribution in [1.29, 1.82) is 0 Å². The summed E-state index contributed by atoms with van der Waals surface area (Å²) in [7, 11) is 0. The van der Waals surface area contributed by atoms with Crippen molar-refractivity contribution < 1.29 is 9.50 Å². The van der Waals surface area contributed by atoms with Gasteiger partial charge in [0.15, 0.2) is 0 Å². The van der Waals surface area contributed by atoms with Gasteiger partial charge in [0.05, 0.1) is 6.10 Å². The number of likely N-dealkylation sites (tertiary alicyclic amines) is 1. The van der Waals surface area contributed by atoms with E-state index in [1.54, 1.807) is 0 Å². The third-order valence-electron chi connectivity index (χ3n) is 2.91. The molecule has 2 rings (SSSR count). The number of halogens is 2. The minimum Gasteiger partial charge on any atom is -0.390 e. The number of aliphatic hydroxyl groups excluding tert-OH is 1. The molecule has 16 heavy (non-hydrogen) atoms. The lowest BCUT2D eigenvalue weighted by molar-refractivity contribution is 0.00393. The maximum atomic E-state index is 13.3. The van der Waals surface area contributed by atoms with E-state index in [9.17, 15) is 9.50 Å². The topological polar surface area (TPSA) is 23.5 Å². The van der Waals surface area contributed by atoms with Crippen LogP contribution in [0.1, 0.15) is 12.0 Å². The van der Waals surface area contributed by atoms with Gasteiger partial charge in [0.2, 0.25) is 0 Å². The molecule has 0 amide bonds. The van der Waals surface area contributed by atoms with Crippen molar-refractivity contribution in [1.82, 2.24) is 4.90 Å². The Morgan fingerprint density at radius 3 is 2.69 bits per heavy atom. The van der Waals surface area contributed by atoms with Gasteiger partial charge in [0, 0.05) is 23.2 Å². The lowest BCUT2D eigenvalue weighted by atomic mass is 10.1. The number of rotatable bonds is 2. The number of aliphatic hydroxyl groups is 1. The Balaban J connectivity index is 1.93. The minimum absolute atomic E-state index is 0.340. The summed E-state index contributed by atoms with van der Waals surface area (Å²) in [6.45, 7) is 1.88. The number of nitrogens with zero attached hydrogens (tertiary/aromatic N) is 1. The Kier molecular flexibility index (Phi) is 4.16. The zero-order valence-corrected chi connectivity index (χ0v) is 11.1. The molecule has 1 N–H and O–H groups in total. The van der Waals surface area contributed by atoms with Gasteiger partial charge in [0.25, 0.3) is 0 Å². The van der Waals surface area contributed by atoms with Gasteiger partial charge in [-0.05, 0) is 46.7 Å². The second-order valence-corrected chi connectivity index (χ2v) is 5.48. The average molecular weight is 335 g/mol. The first kappa shape index (κ1) is 12.3. The van der Waals surface area contributed by atoms with Crippen LogP contribution in [0.3, 0.4) is 0 Å². The third-order valence-corrected chi connectivity index (χ3v) is 3.63. The van der Waals surface area contributed by atoms with Gasteiger partial charge in [-0.15, -0.1) is 0 Å². The number of hydrogen-bond acceptors (Lipinski definition) is 2. The summed E-state index contributed by atoms with van der Waals surface area (Å²) in [6, 6.07) is 8.25. The van der Waals surface area contributed by atoms with Gasteiger partial charge in [-0.25, -0.2) is 4.39 Å². The highest BCUT2D eigenvalue weighted by molar-refractivity contribution is 14.1. The lowest BCUT2D eigenvalue weighted by Gasteiger charge is -2.32. The van der Waals surface area contributed by atoms with E-state index in [-0.39, 0.29) is 0 Å². The van der Waals surface area contributed by atoms with Crippen LogP contribution in [0.5, 0.6) is 0 Å². The molecule has 0 spiro atoms. The van der Waals surface area contributed by atoms with E-state index < -0.39 is 12.3 Å². The molecule has 0 saturated carbocycles. The van der Waals surface area contributed by atoms with E-state index >= 15 is 0 Å². The van der Waals surface area contributed by atoms with Crippen molar-refractivity contribution in [3.8, 4) is 0 Å². The van der Waals surface area contributed by atoms with Crippen LogP contribution in [-0.4, -0.2) is 35.4 Å². The highest BCUT2D eigenvalue weighted by atomic mass is 127. The van der Waals surface area contributed by atoms with Gasteiger partial charge in [-0.2, -0.15) is 0 Å². The van der Waals surface area contributed by atoms with Crippen molar-refractivity contribution in [2.45, 2.75) is 25.2 Å².